The van der Waals surface area contributed by atoms with E-state index in [9.17, 15) is 14.3 Å². The van der Waals surface area contributed by atoms with Crippen molar-refractivity contribution < 1.29 is 19.0 Å². The van der Waals surface area contributed by atoms with Crippen LogP contribution in [0.5, 0.6) is 0 Å². The summed E-state index contributed by atoms with van der Waals surface area (Å²) in [6, 6.07) is 0. The minimum Gasteiger partial charge on any atom is -0.444 e. The average Bonchev–Trinajstić information content (AvgIpc) is 2.39. The predicted octanol–water partition coefficient (Wildman–Crippen LogP) is 2.11. The van der Waals surface area contributed by atoms with Gasteiger partial charge in [0.05, 0.1) is 6.54 Å². The molecule has 1 amide bonds. The number of ether oxygens (including phenoxy) is 1. The molecule has 4 nitrogen and oxygen atoms in total. The molecule has 1 N–H and O–H groups in total. The molecule has 1 aliphatic heterocycles. The Kier molecular flexibility index (Phi) is 4.36. The first-order valence-electron chi connectivity index (χ1n) is 6.02. The van der Waals surface area contributed by atoms with Gasteiger partial charge in [0.25, 0.3) is 0 Å². The van der Waals surface area contributed by atoms with E-state index in [1.807, 2.05) is 0 Å². The molecule has 17 heavy (non-hydrogen) atoms. The van der Waals surface area contributed by atoms with Crippen LogP contribution < -0.4 is 0 Å². The van der Waals surface area contributed by atoms with Gasteiger partial charge in [0.15, 0.2) is 0 Å². The van der Waals surface area contributed by atoms with E-state index < -0.39 is 24.0 Å². The molecule has 0 aromatic carbocycles. The van der Waals surface area contributed by atoms with E-state index in [1.54, 1.807) is 20.8 Å². The Labute approximate surface area is 102 Å². The number of likely N-dealkylation sites (tertiary alicyclic amines) is 1. The second kappa shape index (κ2) is 5.21. The molecule has 1 atom stereocenters. The average molecular weight is 247 g/mol. The number of carbonyl (C=O) groups excluding carboxylic acids is 1. The van der Waals surface area contributed by atoms with Crippen molar-refractivity contribution in [1.29, 1.82) is 0 Å². The maximum atomic E-state index is 12.8. The summed E-state index contributed by atoms with van der Waals surface area (Å²) in [5.74, 6) is 0. The smallest absolute Gasteiger partial charge is 0.410 e. The number of aliphatic hydroxyl groups is 1. The fourth-order valence-corrected chi connectivity index (χ4v) is 1.86. The number of hydrogen-bond acceptors (Lipinski definition) is 3. The van der Waals surface area contributed by atoms with Crippen LogP contribution in [0.4, 0.5) is 9.18 Å². The third kappa shape index (κ3) is 4.50. The van der Waals surface area contributed by atoms with E-state index in [0.29, 0.717) is 13.0 Å². The van der Waals surface area contributed by atoms with Gasteiger partial charge in [-0.1, -0.05) is 0 Å². The molecule has 1 aliphatic rings. The Morgan fingerprint density at radius 1 is 1.47 bits per heavy atom. The van der Waals surface area contributed by atoms with Gasteiger partial charge < -0.3 is 14.7 Å². The maximum Gasteiger partial charge on any atom is 0.410 e. The summed E-state index contributed by atoms with van der Waals surface area (Å²) in [5.41, 5.74) is -1.98. The van der Waals surface area contributed by atoms with Crippen molar-refractivity contribution in [2.24, 2.45) is 0 Å². The first-order valence-corrected chi connectivity index (χ1v) is 6.02. The zero-order valence-electron chi connectivity index (χ0n) is 10.8. The van der Waals surface area contributed by atoms with E-state index in [1.165, 1.54) is 4.90 Å². The largest absolute Gasteiger partial charge is 0.444 e. The Morgan fingerprint density at radius 2 is 2.12 bits per heavy atom. The summed E-state index contributed by atoms with van der Waals surface area (Å²) in [4.78, 5) is 13.2. The Morgan fingerprint density at radius 3 is 2.65 bits per heavy atom. The molecule has 100 valence electrons. The molecule has 1 saturated heterocycles. The van der Waals surface area contributed by atoms with Crippen molar-refractivity contribution in [2.45, 2.75) is 51.2 Å². The monoisotopic (exact) mass is 247 g/mol. The van der Waals surface area contributed by atoms with Gasteiger partial charge in [0, 0.05) is 6.54 Å². The highest BCUT2D eigenvalue weighted by molar-refractivity contribution is 5.68. The first-order chi connectivity index (χ1) is 7.76. The zero-order valence-corrected chi connectivity index (χ0v) is 10.8. The lowest BCUT2D eigenvalue weighted by molar-refractivity contribution is -0.0262. The summed E-state index contributed by atoms with van der Waals surface area (Å²) >= 11 is 0. The van der Waals surface area contributed by atoms with Crippen molar-refractivity contribution in [3.8, 4) is 0 Å². The van der Waals surface area contributed by atoms with Gasteiger partial charge in [-0.2, -0.15) is 0 Å². The van der Waals surface area contributed by atoms with Crippen LogP contribution in [-0.4, -0.2) is 47.1 Å². The number of hydrogen-bond donors (Lipinski definition) is 1. The third-order valence-electron chi connectivity index (χ3n) is 2.71. The van der Waals surface area contributed by atoms with E-state index in [2.05, 4.69) is 0 Å². The molecule has 0 aromatic heterocycles. The van der Waals surface area contributed by atoms with Gasteiger partial charge in [-0.05, 0) is 40.0 Å². The Bertz CT molecular complexity index is 277. The Hall–Kier alpha value is -0.840. The van der Waals surface area contributed by atoms with E-state index >= 15 is 0 Å². The van der Waals surface area contributed by atoms with Crippen LogP contribution in [0.2, 0.25) is 0 Å². The Balaban J connectivity index is 2.66. The molecule has 0 bridgehead atoms. The lowest BCUT2D eigenvalue weighted by Gasteiger charge is -2.31. The molecule has 1 heterocycles. The fraction of sp³-hybridized carbons (Fsp3) is 0.917. The minimum atomic E-state index is -1.41. The van der Waals surface area contributed by atoms with Crippen molar-refractivity contribution in [1.82, 2.24) is 4.90 Å². The van der Waals surface area contributed by atoms with E-state index in [4.69, 9.17) is 4.74 Å². The van der Waals surface area contributed by atoms with Crippen molar-refractivity contribution >= 4 is 6.09 Å². The van der Waals surface area contributed by atoms with E-state index in [0.717, 1.165) is 12.8 Å². The van der Waals surface area contributed by atoms with Gasteiger partial charge in [-0.3, -0.25) is 0 Å². The van der Waals surface area contributed by atoms with Gasteiger partial charge in [0.2, 0.25) is 0 Å². The molecular formula is C12H22FNO3. The molecule has 0 radical (unpaired) electrons. The third-order valence-corrected chi connectivity index (χ3v) is 2.71. The van der Waals surface area contributed by atoms with Crippen molar-refractivity contribution in [3.63, 3.8) is 0 Å². The van der Waals surface area contributed by atoms with Crippen LogP contribution in [0.25, 0.3) is 0 Å². The van der Waals surface area contributed by atoms with Crippen LogP contribution in [0.3, 0.4) is 0 Å². The minimum absolute atomic E-state index is 0.0123. The molecule has 1 rings (SSSR count). The molecule has 0 aliphatic carbocycles. The molecule has 0 spiro atoms. The summed E-state index contributed by atoms with van der Waals surface area (Å²) in [6.45, 7) is 5.04. The SMILES string of the molecule is CC(C)(C)OC(=O)N1CCCCC(O)(CF)C1. The van der Waals surface area contributed by atoms with Crippen LogP contribution in [0, 0.1) is 0 Å². The zero-order chi connectivity index (χ0) is 13.1. The maximum absolute atomic E-state index is 12.8. The van der Waals surface area contributed by atoms with Crippen LogP contribution in [0.15, 0.2) is 0 Å². The summed E-state index contributed by atoms with van der Waals surface area (Å²) in [7, 11) is 0. The second-order valence-electron chi connectivity index (χ2n) is 5.72. The lowest BCUT2D eigenvalue weighted by atomic mass is 10.00. The highest BCUT2D eigenvalue weighted by Gasteiger charge is 2.35. The number of halogens is 1. The van der Waals surface area contributed by atoms with Gasteiger partial charge >= 0.3 is 6.09 Å². The van der Waals surface area contributed by atoms with Gasteiger partial charge in [-0.15, -0.1) is 0 Å². The number of alkyl halides is 1. The lowest BCUT2D eigenvalue weighted by Crippen LogP contribution is -2.47. The summed E-state index contributed by atoms with van der Waals surface area (Å²) in [5, 5.41) is 9.95. The molecular weight excluding hydrogens is 225 g/mol. The highest BCUT2D eigenvalue weighted by Crippen LogP contribution is 2.22. The van der Waals surface area contributed by atoms with Crippen LogP contribution in [0.1, 0.15) is 40.0 Å². The molecule has 0 aromatic rings. The van der Waals surface area contributed by atoms with Crippen molar-refractivity contribution in [2.75, 3.05) is 19.8 Å². The molecule has 5 heteroatoms. The van der Waals surface area contributed by atoms with Gasteiger partial charge in [0.1, 0.15) is 17.9 Å². The van der Waals surface area contributed by atoms with Crippen LogP contribution >= 0.6 is 0 Å². The topological polar surface area (TPSA) is 49.8 Å². The summed E-state index contributed by atoms with van der Waals surface area (Å²) < 4.78 is 18.0. The molecule has 0 saturated carbocycles. The number of β-amino-alcohol motifs (C(OH)–C–C–N with tert-alkyl or cyclic N) is 1. The van der Waals surface area contributed by atoms with Crippen molar-refractivity contribution in [3.05, 3.63) is 0 Å². The first kappa shape index (κ1) is 14.2. The van der Waals surface area contributed by atoms with E-state index in [-0.39, 0.29) is 6.54 Å². The fourth-order valence-electron chi connectivity index (χ4n) is 1.86. The number of carbonyl (C=O) groups is 1. The van der Waals surface area contributed by atoms with Crippen LogP contribution in [-0.2, 0) is 4.74 Å². The summed E-state index contributed by atoms with van der Waals surface area (Å²) in [6.07, 6.45) is 1.40. The predicted molar refractivity (Wildman–Crippen MR) is 62.6 cm³/mol. The highest BCUT2D eigenvalue weighted by atomic mass is 19.1. The molecule has 1 fully saturated rings. The second-order valence-corrected chi connectivity index (χ2v) is 5.72. The van der Waals surface area contributed by atoms with Gasteiger partial charge in [-0.25, -0.2) is 9.18 Å². The number of nitrogens with zero attached hydrogens (tertiary/aromatic N) is 1. The number of rotatable bonds is 1. The normalized spacial score (nSPS) is 26.5. The molecule has 1 unspecified atom stereocenters. The standard InChI is InChI=1S/C12H22FNO3/c1-11(2,3)17-10(15)14-7-5-4-6-12(16,8-13)9-14/h16H,4-9H2,1-3H3. The number of amides is 1. The quantitative estimate of drug-likeness (QED) is 0.772.